The SMILES string of the molecule is Cc1ncsc1C(=O)N1CC(N)C1. The van der Waals surface area contributed by atoms with Crippen molar-refractivity contribution in [2.75, 3.05) is 13.1 Å². The number of nitrogens with zero attached hydrogens (tertiary/aromatic N) is 2. The minimum absolute atomic E-state index is 0.0710. The number of likely N-dealkylation sites (tertiary alicyclic amines) is 1. The van der Waals surface area contributed by atoms with Gasteiger partial charge >= 0.3 is 0 Å². The minimum atomic E-state index is 0.0710. The van der Waals surface area contributed by atoms with Gasteiger partial charge in [0.05, 0.1) is 11.2 Å². The second-order valence-electron chi connectivity index (χ2n) is 3.24. The van der Waals surface area contributed by atoms with Gasteiger partial charge < -0.3 is 10.6 Å². The number of rotatable bonds is 1. The number of carbonyl (C=O) groups is 1. The van der Waals surface area contributed by atoms with E-state index in [9.17, 15) is 4.79 Å². The fraction of sp³-hybridized carbons (Fsp3) is 0.500. The molecule has 1 saturated heterocycles. The van der Waals surface area contributed by atoms with E-state index in [0.717, 1.165) is 10.6 Å². The van der Waals surface area contributed by atoms with Crippen LogP contribution in [0.1, 0.15) is 15.4 Å². The number of carbonyl (C=O) groups excluding carboxylic acids is 1. The van der Waals surface area contributed by atoms with Gasteiger partial charge in [0.2, 0.25) is 0 Å². The van der Waals surface area contributed by atoms with Gasteiger partial charge in [0.25, 0.3) is 5.91 Å². The third kappa shape index (κ3) is 1.45. The van der Waals surface area contributed by atoms with Crippen LogP contribution in [0, 0.1) is 6.92 Å². The summed E-state index contributed by atoms with van der Waals surface area (Å²) in [4.78, 5) is 18.2. The molecule has 1 aliphatic heterocycles. The van der Waals surface area contributed by atoms with Crippen molar-refractivity contribution >= 4 is 17.2 Å². The molecular formula is C8H11N3OS. The van der Waals surface area contributed by atoms with Crippen LogP contribution in [0.25, 0.3) is 0 Å². The lowest BCUT2D eigenvalue weighted by Crippen LogP contribution is -2.57. The first-order valence-corrected chi connectivity index (χ1v) is 5.01. The lowest BCUT2D eigenvalue weighted by atomic mass is 10.1. The van der Waals surface area contributed by atoms with Crippen LogP contribution in [0.3, 0.4) is 0 Å². The molecule has 0 saturated carbocycles. The predicted octanol–water partition coefficient (Wildman–Crippen LogP) is 0.235. The van der Waals surface area contributed by atoms with Crippen molar-refractivity contribution in [3.63, 3.8) is 0 Å². The average Bonchev–Trinajstić information content (AvgIpc) is 2.44. The summed E-state index contributed by atoms with van der Waals surface area (Å²) < 4.78 is 0. The molecule has 1 aromatic heterocycles. The van der Waals surface area contributed by atoms with E-state index in [1.165, 1.54) is 11.3 Å². The van der Waals surface area contributed by atoms with Gasteiger partial charge in [0.15, 0.2) is 0 Å². The summed E-state index contributed by atoms with van der Waals surface area (Å²) >= 11 is 1.39. The number of hydrogen-bond donors (Lipinski definition) is 1. The van der Waals surface area contributed by atoms with Crippen molar-refractivity contribution in [2.45, 2.75) is 13.0 Å². The molecule has 0 aromatic carbocycles. The molecule has 13 heavy (non-hydrogen) atoms. The second kappa shape index (κ2) is 3.08. The molecule has 0 atom stereocenters. The molecular weight excluding hydrogens is 186 g/mol. The maximum atomic E-state index is 11.7. The van der Waals surface area contributed by atoms with Gasteiger partial charge in [-0.15, -0.1) is 11.3 Å². The quantitative estimate of drug-likeness (QED) is 0.701. The molecule has 0 aliphatic carbocycles. The number of aryl methyl sites for hydroxylation is 1. The highest BCUT2D eigenvalue weighted by Crippen LogP contribution is 2.18. The van der Waals surface area contributed by atoms with E-state index in [1.807, 2.05) is 6.92 Å². The van der Waals surface area contributed by atoms with Gasteiger partial charge in [0, 0.05) is 19.1 Å². The van der Waals surface area contributed by atoms with Crippen molar-refractivity contribution in [3.8, 4) is 0 Å². The molecule has 0 bridgehead atoms. The third-order valence-corrected chi connectivity index (χ3v) is 3.05. The van der Waals surface area contributed by atoms with Gasteiger partial charge in [-0.1, -0.05) is 0 Å². The highest BCUT2D eigenvalue weighted by atomic mass is 32.1. The van der Waals surface area contributed by atoms with E-state index in [-0.39, 0.29) is 11.9 Å². The Morgan fingerprint density at radius 3 is 2.92 bits per heavy atom. The molecule has 1 aromatic rings. The second-order valence-corrected chi connectivity index (χ2v) is 4.09. The van der Waals surface area contributed by atoms with Crippen molar-refractivity contribution in [1.82, 2.24) is 9.88 Å². The monoisotopic (exact) mass is 197 g/mol. The summed E-state index contributed by atoms with van der Waals surface area (Å²) in [5.74, 6) is 0.0710. The molecule has 1 fully saturated rings. The molecule has 4 nitrogen and oxygen atoms in total. The standard InChI is InChI=1S/C8H11N3OS/c1-5-7(13-4-10-5)8(12)11-2-6(9)3-11/h4,6H,2-3,9H2,1H3. The van der Waals surface area contributed by atoms with Crippen LogP contribution in [0.2, 0.25) is 0 Å². The van der Waals surface area contributed by atoms with Gasteiger partial charge in [-0.3, -0.25) is 4.79 Å². The summed E-state index contributed by atoms with van der Waals surface area (Å²) in [6.07, 6.45) is 0. The first-order chi connectivity index (χ1) is 6.18. The summed E-state index contributed by atoms with van der Waals surface area (Å²) in [5, 5.41) is 0. The van der Waals surface area contributed by atoms with Crippen LogP contribution in [-0.2, 0) is 0 Å². The van der Waals surface area contributed by atoms with Gasteiger partial charge in [-0.05, 0) is 6.92 Å². The minimum Gasteiger partial charge on any atom is -0.335 e. The number of nitrogens with two attached hydrogens (primary N) is 1. The maximum Gasteiger partial charge on any atom is 0.265 e. The maximum absolute atomic E-state index is 11.7. The number of thiazole rings is 1. The molecule has 1 aliphatic rings. The molecule has 2 heterocycles. The highest BCUT2D eigenvalue weighted by molar-refractivity contribution is 7.11. The average molecular weight is 197 g/mol. The Kier molecular flexibility index (Phi) is 2.05. The molecule has 2 rings (SSSR count). The Hall–Kier alpha value is -0.940. The van der Waals surface area contributed by atoms with E-state index in [4.69, 9.17) is 5.73 Å². The lowest BCUT2D eigenvalue weighted by Gasteiger charge is -2.36. The Labute approximate surface area is 80.4 Å². The molecule has 2 N–H and O–H groups in total. The topological polar surface area (TPSA) is 59.2 Å². The number of amides is 1. The number of hydrogen-bond acceptors (Lipinski definition) is 4. The van der Waals surface area contributed by atoms with Crippen molar-refractivity contribution in [2.24, 2.45) is 5.73 Å². The lowest BCUT2D eigenvalue weighted by molar-refractivity contribution is 0.0612. The van der Waals surface area contributed by atoms with Crippen LogP contribution in [0.15, 0.2) is 5.51 Å². The van der Waals surface area contributed by atoms with Gasteiger partial charge in [-0.2, -0.15) is 0 Å². The predicted molar refractivity (Wildman–Crippen MR) is 50.7 cm³/mol. The molecule has 0 unspecified atom stereocenters. The summed E-state index contributed by atoms with van der Waals surface area (Å²) in [7, 11) is 0. The first-order valence-electron chi connectivity index (χ1n) is 4.13. The highest BCUT2D eigenvalue weighted by Gasteiger charge is 2.29. The third-order valence-electron chi connectivity index (χ3n) is 2.14. The summed E-state index contributed by atoms with van der Waals surface area (Å²) in [6.45, 7) is 3.20. The molecule has 70 valence electrons. The molecule has 0 radical (unpaired) electrons. The largest absolute Gasteiger partial charge is 0.335 e. The molecule has 0 spiro atoms. The first kappa shape index (κ1) is 8.65. The molecule has 1 amide bonds. The van der Waals surface area contributed by atoms with Crippen molar-refractivity contribution < 1.29 is 4.79 Å². The van der Waals surface area contributed by atoms with Crippen LogP contribution in [0.4, 0.5) is 0 Å². The number of aromatic nitrogens is 1. The zero-order chi connectivity index (χ0) is 9.42. The summed E-state index contributed by atoms with van der Waals surface area (Å²) in [5.41, 5.74) is 8.10. The summed E-state index contributed by atoms with van der Waals surface area (Å²) in [6, 6.07) is 0.164. The Morgan fingerprint density at radius 1 is 1.77 bits per heavy atom. The van der Waals surface area contributed by atoms with Crippen LogP contribution < -0.4 is 5.73 Å². The van der Waals surface area contributed by atoms with Gasteiger partial charge in [-0.25, -0.2) is 4.98 Å². The normalized spacial score (nSPS) is 17.2. The molecule has 5 heteroatoms. The Balaban J connectivity index is 2.10. The fourth-order valence-corrected chi connectivity index (χ4v) is 2.10. The van der Waals surface area contributed by atoms with E-state index in [1.54, 1.807) is 10.4 Å². The van der Waals surface area contributed by atoms with E-state index in [0.29, 0.717) is 13.1 Å². The zero-order valence-corrected chi connectivity index (χ0v) is 8.17. The Morgan fingerprint density at radius 2 is 2.46 bits per heavy atom. The van der Waals surface area contributed by atoms with Crippen molar-refractivity contribution in [1.29, 1.82) is 0 Å². The smallest absolute Gasteiger partial charge is 0.265 e. The zero-order valence-electron chi connectivity index (χ0n) is 7.36. The van der Waals surface area contributed by atoms with Crippen LogP contribution in [-0.4, -0.2) is 34.9 Å². The fourth-order valence-electron chi connectivity index (χ4n) is 1.33. The van der Waals surface area contributed by atoms with E-state index < -0.39 is 0 Å². The van der Waals surface area contributed by atoms with Crippen LogP contribution in [0.5, 0.6) is 0 Å². The van der Waals surface area contributed by atoms with E-state index in [2.05, 4.69) is 4.98 Å². The van der Waals surface area contributed by atoms with E-state index >= 15 is 0 Å². The Bertz CT molecular complexity index is 330. The van der Waals surface area contributed by atoms with Gasteiger partial charge in [0.1, 0.15) is 4.88 Å². The van der Waals surface area contributed by atoms with Crippen molar-refractivity contribution in [3.05, 3.63) is 16.1 Å². The van der Waals surface area contributed by atoms with Crippen LogP contribution >= 0.6 is 11.3 Å².